The molecule has 1 aromatic carbocycles. The Morgan fingerprint density at radius 2 is 2.03 bits per heavy atom. The molecule has 2 aliphatic heterocycles. The number of aryl methyl sites for hydroxylation is 2. The number of likely N-dealkylation sites (N-methyl/N-ethyl adjacent to an activating group) is 1. The van der Waals surface area contributed by atoms with Gasteiger partial charge < -0.3 is 19.0 Å². The number of ether oxygens (including phenoxy) is 1. The fraction of sp³-hybridized carbons (Fsp3) is 0.565. The van der Waals surface area contributed by atoms with Crippen LogP contribution in [0.2, 0.25) is 0 Å². The lowest BCUT2D eigenvalue weighted by atomic mass is 10.1. The molecule has 1 saturated heterocycles. The van der Waals surface area contributed by atoms with Gasteiger partial charge in [0.25, 0.3) is 5.91 Å². The highest BCUT2D eigenvalue weighted by Gasteiger charge is 2.35. The van der Waals surface area contributed by atoms with Crippen molar-refractivity contribution in [3.63, 3.8) is 0 Å². The third-order valence-electron chi connectivity index (χ3n) is 6.05. The number of nitrogens with zero attached hydrogens (tertiary/aromatic N) is 4. The predicted octanol–water partition coefficient (Wildman–Crippen LogP) is 2.72. The second-order valence-electron chi connectivity index (χ2n) is 8.71. The Bertz CT molecular complexity index is 894. The number of carbonyl (C=O) groups excluding carboxylic acids is 1. The van der Waals surface area contributed by atoms with Crippen LogP contribution in [0, 0.1) is 13.8 Å². The molecule has 30 heavy (non-hydrogen) atoms. The van der Waals surface area contributed by atoms with Gasteiger partial charge in [0.1, 0.15) is 12.4 Å². The van der Waals surface area contributed by atoms with Gasteiger partial charge in [0.15, 0.2) is 5.89 Å². The smallest absolute Gasteiger partial charge is 0.291 e. The number of hydrogen-bond donors (Lipinski definition) is 0. The molecule has 0 saturated carbocycles. The number of likely N-dealkylation sites (tertiary alicyclic amines) is 1. The van der Waals surface area contributed by atoms with Crippen molar-refractivity contribution in [3.05, 3.63) is 47.2 Å². The Balaban J connectivity index is 1.54. The van der Waals surface area contributed by atoms with E-state index in [9.17, 15) is 4.79 Å². The minimum atomic E-state index is -0.0359. The maximum atomic E-state index is 13.2. The summed E-state index contributed by atoms with van der Waals surface area (Å²) >= 11 is 0. The van der Waals surface area contributed by atoms with Crippen LogP contribution >= 0.6 is 0 Å². The van der Waals surface area contributed by atoms with Crippen molar-refractivity contribution in [2.45, 2.75) is 45.3 Å². The lowest BCUT2D eigenvalue weighted by molar-refractivity contribution is 0.0589. The lowest BCUT2D eigenvalue weighted by Crippen LogP contribution is -2.50. The maximum absolute atomic E-state index is 13.2. The van der Waals surface area contributed by atoms with E-state index in [0.717, 1.165) is 44.8 Å². The number of rotatable bonds is 5. The van der Waals surface area contributed by atoms with Gasteiger partial charge in [-0.15, -0.1) is 0 Å². The Morgan fingerprint density at radius 3 is 2.77 bits per heavy atom. The van der Waals surface area contributed by atoms with Gasteiger partial charge >= 0.3 is 0 Å². The molecule has 162 valence electrons. The summed E-state index contributed by atoms with van der Waals surface area (Å²) in [7, 11) is 4.19. The van der Waals surface area contributed by atoms with Crippen LogP contribution in [0.3, 0.4) is 0 Å². The zero-order chi connectivity index (χ0) is 21.3. The molecule has 7 heteroatoms. The average molecular weight is 413 g/mol. The molecular formula is C23H32N4O3. The van der Waals surface area contributed by atoms with E-state index in [4.69, 9.17) is 9.15 Å². The molecule has 1 aromatic heterocycles. The molecule has 0 bridgehead atoms. The van der Waals surface area contributed by atoms with Crippen LogP contribution in [0.15, 0.2) is 28.7 Å². The van der Waals surface area contributed by atoms with Crippen molar-refractivity contribution in [2.75, 3.05) is 40.3 Å². The van der Waals surface area contributed by atoms with Crippen LogP contribution in [0.25, 0.3) is 0 Å². The second-order valence-corrected chi connectivity index (χ2v) is 8.71. The van der Waals surface area contributed by atoms with Crippen LogP contribution < -0.4 is 4.74 Å². The van der Waals surface area contributed by atoms with E-state index >= 15 is 0 Å². The molecule has 0 spiro atoms. The summed E-state index contributed by atoms with van der Waals surface area (Å²) < 4.78 is 11.8. The van der Waals surface area contributed by atoms with Gasteiger partial charge in [-0.3, -0.25) is 9.69 Å². The molecule has 7 nitrogen and oxygen atoms in total. The first kappa shape index (κ1) is 20.9. The second kappa shape index (κ2) is 8.78. The van der Waals surface area contributed by atoms with E-state index in [2.05, 4.69) is 41.0 Å². The molecule has 3 heterocycles. The molecule has 2 aromatic rings. The minimum absolute atomic E-state index is 0.0359. The van der Waals surface area contributed by atoms with Crippen molar-refractivity contribution < 1.29 is 13.9 Å². The van der Waals surface area contributed by atoms with E-state index in [-0.39, 0.29) is 18.0 Å². The van der Waals surface area contributed by atoms with Crippen molar-refractivity contribution in [1.82, 2.24) is 19.7 Å². The van der Waals surface area contributed by atoms with Crippen LogP contribution in [0.4, 0.5) is 0 Å². The summed E-state index contributed by atoms with van der Waals surface area (Å²) in [5.41, 5.74) is 1.88. The molecular weight excluding hydrogens is 380 g/mol. The fourth-order valence-corrected chi connectivity index (χ4v) is 4.64. The Hall–Kier alpha value is -2.38. The third kappa shape index (κ3) is 4.37. The first-order valence-electron chi connectivity index (χ1n) is 10.8. The molecule has 2 aliphatic rings. The summed E-state index contributed by atoms with van der Waals surface area (Å²) in [4.78, 5) is 24.2. The van der Waals surface area contributed by atoms with Gasteiger partial charge in [0.2, 0.25) is 5.76 Å². The van der Waals surface area contributed by atoms with Crippen LogP contribution in [-0.4, -0.2) is 78.0 Å². The van der Waals surface area contributed by atoms with E-state index < -0.39 is 0 Å². The summed E-state index contributed by atoms with van der Waals surface area (Å²) in [6.45, 7) is 7.60. The first-order chi connectivity index (χ1) is 14.4. The zero-order valence-electron chi connectivity index (χ0n) is 18.4. The summed E-state index contributed by atoms with van der Waals surface area (Å²) in [5, 5.41) is 0. The van der Waals surface area contributed by atoms with E-state index in [1.54, 1.807) is 6.92 Å². The largest absolute Gasteiger partial charge is 0.492 e. The Labute approximate surface area is 178 Å². The maximum Gasteiger partial charge on any atom is 0.291 e. The molecule has 1 amide bonds. The minimum Gasteiger partial charge on any atom is -0.492 e. The van der Waals surface area contributed by atoms with Gasteiger partial charge in [-0.2, -0.15) is 0 Å². The normalized spacial score (nSPS) is 22.1. The molecule has 0 N–H and O–H groups in total. The average Bonchev–Trinajstić information content (AvgIpc) is 3.25. The van der Waals surface area contributed by atoms with Crippen molar-refractivity contribution >= 4 is 5.91 Å². The number of fused-ring (bicyclic) bond motifs is 1. The number of para-hydroxylation sites is 1. The van der Waals surface area contributed by atoms with Crippen LogP contribution in [0.1, 0.15) is 40.5 Å². The van der Waals surface area contributed by atoms with Gasteiger partial charge in [0.05, 0.1) is 11.7 Å². The summed E-state index contributed by atoms with van der Waals surface area (Å²) in [6.07, 6.45) is 2.02. The number of amides is 1. The van der Waals surface area contributed by atoms with E-state index in [1.807, 2.05) is 24.0 Å². The summed E-state index contributed by atoms with van der Waals surface area (Å²) in [6, 6.07) is 8.70. The number of hydrogen-bond acceptors (Lipinski definition) is 6. The van der Waals surface area contributed by atoms with Crippen molar-refractivity contribution in [1.29, 1.82) is 0 Å². The predicted molar refractivity (Wildman–Crippen MR) is 115 cm³/mol. The highest BCUT2D eigenvalue weighted by molar-refractivity contribution is 5.92. The number of benzene rings is 1. The SMILES string of the molecule is Cc1nc(C)c(C(=O)N2CCC[C@H]2CN2Cc3ccccc3OC[C@H]2CN(C)C)o1. The van der Waals surface area contributed by atoms with Gasteiger partial charge in [-0.05, 0) is 39.9 Å². The molecule has 4 rings (SSSR count). The zero-order valence-corrected chi connectivity index (χ0v) is 18.4. The quantitative estimate of drug-likeness (QED) is 0.753. The van der Waals surface area contributed by atoms with Crippen LogP contribution in [0.5, 0.6) is 5.75 Å². The topological polar surface area (TPSA) is 62.1 Å². The van der Waals surface area contributed by atoms with Crippen LogP contribution in [-0.2, 0) is 6.54 Å². The third-order valence-corrected chi connectivity index (χ3v) is 6.05. The van der Waals surface area contributed by atoms with E-state index in [1.165, 1.54) is 5.56 Å². The monoisotopic (exact) mass is 412 g/mol. The molecule has 0 aliphatic carbocycles. The van der Waals surface area contributed by atoms with Crippen molar-refractivity contribution in [3.8, 4) is 5.75 Å². The molecule has 1 fully saturated rings. The molecule has 0 radical (unpaired) electrons. The van der Waals surface area contributed by atoms with Gasteiger partial charge in [0, 0.05) is 44.7 Å². The van der Waals surface area contributed by atoms with Crippen molar-refractivity contribution in [2.24, 2.45) is 0 Å². The number of carbonyl (C=O) groups is 1. The number of oxazole rings is 1. The Kier molecular flexibility index (Phi) is 6.11. The lowest BCUT2D eigenvalue weighted by Gasteiger charge is -2.35. The van der Waals surface area contributed by atoms with Gasteiger partial charge in [-0.1, -0.05) is 18.2 Å². The van der Waals surface area contributed by atoms with Gasteiger partial charge in [-0.25, -0.2) is 4.98 Å². The standard InChI is InChI=1S/C23H32N4O3/c1-16-22(30-17(2)24-16)23(28)27-11-7-9-19(27)14-26-12-18-8-5-6-10-21(18)29-15-20(26)13-25(3)4/h5-6,8,10,19-20H,7,9,11-15H2,1-4H3/t19-,20+/m0/s1. The summed E-state index contributed by atoms with van der Waals surface area (Å²) in [5.74, 6) is 1.86. The molecule has 0 unspecified atom stereocenters. The fourth-order valence-electron chi connectivity index (χ4n) is 4.64. The highest BCUT2D eigenvalue weighted by Crippen LogP contribution is 2.28. The van der Waals surface area contributed by atoms with E-state index in [0.29, 0.717) is 24.0 Å². The number of aromatic nitrogens is 1. The Morgan fingerprint density at radius 1 is 1.23 bits per heavy atom. The first-order valence-corrected chi connectivity index (χ1v) is 10.8. The molecule has 2 atom stereocenters. The highest BCUT2D eigenvalue weighted by atomic mass is 16.5.